The third-order valence-corrected chi connectivity index (χ3v) is 5.33. The lowest BCUT2D eigenvalue weighted by atomic mass is 10.0. The number of carbonyl (C=O) groups is 1. The Morgan fingerprint density at radius 2 is 1.76 bits per heavy atom. The molecule has 4 rings (SSSR count). The summed E-state index contributed by atoms with van der Waals surface area (Å²) in [5.74, 6) is 0.689. The molecule has 3 N–H and O–H groups in total. The highest BCUT2D eigenvalue weighted by molar-refractivity contribution is 5.94. The van der Waals surface area contributed by atoms with Crippen molar-refractivity contribution < 1.29 is 14.6 Å². The van der Waals surface area contributed by atoms with Gasteiger partial charge in [0, 0.05) is 23.2 Å². The maximum atomic E-state index is 12.6. The summed E-state index contributed by atoms with van der Waals surface area (Å²) in [6, 6.07) is 21.3. The van der Waals surface area contributed by atoms with Crippen molar-refractivity contribution in [2.75, 3.05) is 7.11 Å². The van der Waals surface area contributed by atoms with Crippen LogP contribution in [-0.2, 0) is 6.54 Å². The van der Waals surface area contributed by atoms with E-state index in [1.165, 1.54) is 0 Å². The van der Waals surface area contributed by atoms with E-state index in [1.54, 1.807) is 62.6 Å². The van der Waals surface area contributed by atoms with E-state index in [4.69, 9.17) is 4.74 Å². The Bertz CT molecular complexity index is 1360. The summed E-state index contributed by atoms with van der Waals surface area (Å²) in [5, 5.41) is 12.6. The first kappa shape index (κ1) is 21.8. The topological polar surface area (TPSA) is 104 Å². The fourth-order valence-corrected chi connectivity index (χ4v) is 3.50. The van der Waals surface area contributed by atoms with Crippen molar-refractivity contribution in [1.82, 2.24) is 15.3 Å². The number of carbonyl (C=O) groups excluding carboxylic acids is 1. The molecule has 0 aliphatic rings. The Labute approximate surface area is 190 Å². The van der Waals surface area contributed by atoms with Crippen LogP contribution in [-0.4, -0.2) is 28.1 Å². The van der Waals surface area contributed by atoms with Gasteiger partial charge in [0.1, 0.15) is 11.5 Å². The summed E-state index contributed by atoms with van der Waals surface area (Å²) in [6.45, 7) is 2.13. The summed E-state index contributed by atoms with van der Waals surface area (Å²) in [5.41, 5.74) is 4.15. The number of aromatic hydroxyl groups is 1. The molecule has 0 spiro atoms. The monoisotopic (exact) mass is 441 g/mol. The largest absolute Gasteiger partial charge is 0.508 e. The van der Waals surface area contributed by atoms with Gasteiger partial charge in [-0.1, -0.05) is 30.3 Å². The minimum absolute atomic E-state index is 0.184. The molecule has 0 radical (unpaired) electrons. The Balaban J connectivity index is 1.53. The van der Waals surface area contributed by atoms with Gasteiger partial charge in [-0.2, -0.15) is 4.98 Å². The van der Waals surface area contributed by atoms with E-state index < -0.39 is 5.69 Å². The minimum atomic E-state index is -0.480. The van der Waals surface area contributed by atoms with Gasteiger partial charge in [0.25, 0.3) is 5.91 Å². The third kappa shape index (κ3) is 4.93. The number of benzene rings is 3. The molecule has 1 aromatic heterocycles. The van der Waals surface area contributed by atoms with Gasteiger partial charge in [-0.15, -0.1) is 0 Å². The molecule has 33 heavy (non-hydrogen) atoms. The molecular formula is C26H23N3O4. The number of amides is 1. The Hall–Kier alpha value is -4.39. The second-order valence-electron chi connectivity index (χ2n) is 7.56. The first-order valence-electron chi connectivity index (χ1n) is 10.4. The molecule has 3 aromatic carbocycles. The number of phenolic OH excluding ortho intramolecular Hbond substituents is 1. The number of methoxy groups -OCH3 is 1. The van der Waals surface area contributed by atoms with Gasteiger partial charge < -0.3 is 20.1 Å². The summed E-state index contributed by atoms with van der Waals surface area (Å²) in [6.07, 6.45) is 0. The van der Waals surface area contributed by atoms with Crippen LogP contribution in [0.25, 0.3) is 22.5 Å². The molecule has 1 amide bonds. The molecule has 0 unspecified atom stereocenters. The third-order valence-electron chi connectivity index (χ3n) is 5.33. The van der Waals surface area contributed by atoms with Crippen LogP contribution < -0.4 is 15.7 Å². The van der Waals surface area contributed by atoms with Gasteiger partial charge >= 0.3 is 5.69 Å². The van der Waals surface area contributed by atoms with E-state index >= 15 is 0 Å². The molecule has 4 aromatic rings. The average Bonchev–Trinajstić information content (AvgIpc) is 2.84. The maximum Gasteiger partial charge on any atom is 0.345 e. The number of phenols is 1. The summed E-state index contributed by atoms with van der Waals surface area (Å²) in [7, 11) is 1.59. The number of aryl methyl sites for hydroxylation is 1. The Kier molecular flexibility index (Phi) is 6.22. The molecule has 0 saturated heterocycles. The van der Waals surface area contributed by atoms with E-state index in [9.17, 15) is 14.7 Å². The number of rotatable bonds is 6. The van der Waals surface area contributed by atoms with Gasteiger partial charge in [-0.05, 0) is 60.5 Å². The van der Waals surface area contributed by atoms with Crippen LogP contribution in [0.15, 0.2) is 77.6 Å². The molecule has 1 heterocycles. The SMILES string of the molecule is COc1ccccc1CNC(=O)c1ccc(-c2cc(-c3ccc(O)c(C)c3)nc(=O)[nH]2)cc1. The van der Waals surface area contributed by atoms with E-state index in [2.05, 4.69) is 15.3 Å². The maximum absolute atomic E-state index is 12.6. The van der Waals surface area contributed by atoms with Crippen LogP contribution in [0.2, 0.25) is 0 Å². The summed E-state index contributed by atoms with van der Waals surface area (Å²) >= 11 is 0. The first-order valence-corrected chi connectivity index (χ1v) is 10.4. The summed E-state index contributed by atoms with van der Waals surface area (Å²) < 4.78 is 5.31. The highest BCUT2D eigenvalue weighted by atomic mass is 16.5. The highest BCUT2D eigenvalue weighted by Crippen LogP contribution is 2.26. The number of para-hydroxylation sites is 1. The van der Waals surface area contributed by atoms with Crippen molar-refractivity contribution >= 4 is 5.91 Å². The second kappa shape index (κ2) is 9.40. The van der Waals surface area contributed by atoms with E-state index in [0.717, 1.165) is 22.4 Å². The highest BCUT2D eigenvalue weighted by Gasteiger charge is 2.10. The number of hydrogen-bond acceptors (Lipinski definition) is 5. The number of nitrogens with zero attached hydrogens (tertiary/aromatic N) is 1. The molecule has 0 atom stereocenters. The smallest absolute Gasteiger partial charge is 0.345 e. The molecule has 166 valence electrons. The van der Waals surface area contributed by atoms with Gasteiger partial charge in [-0.3, -0.25) is 4.79 Å². The van der Waals surface area contributed by atoms with Crippen molar-refractivity contribution in [3.8, 4) is 34.0 Å². The minimum Gasteiger partial charge on any atom is -0.508 e. The molecular weight excluding hydrogens is 418 g/mol. The molecule has 0 bridgehead atoms. The lowest BCUT2D eigenvalue weighted by Gasteiger charge is -2.10. The lowest BCUT2D eigenvalue weighted by molar-refractivity contribution is 0.0950. The van der Waals surface area contributed by atoms with Crippen molar-refractivity contribution in [1.29, 1.82) is 0 Å². The molecule has 0 saturated carbocycles. The van der Waals surface area contributed by atoms with Gasteiger partial charge in [0.15, 0.2) is 0 Å². The van der Waals surface area contributed by atoms with Gasteiger partial charge in [0.05, 0.1) is 18.5 Å². The number of aromatic amines is 1. The fraction of sp³-hybridized carbons (Fsp3) is 0.115. The van der Waals surface area contributed by atoms with Crippen LogP contribution in [0.1, 0.15) is 21.5 Å². The van der Waals surface area contributed by atoms with E-state index in [-0.39, 0.29) is 11.7 Å². The van der Waals surface area contributed by atoms with Crippen molar-refractivity contribution in [3.63, 3.8) is 0 Å². The first-order chi connectivity index (χ1) is 15.9. The quantitative estimate of drug-likeness (QED) is 0.419. The van der Waals surface area contributed by atoms with Crippen LogP contribution in [0.5, 0.6) is 11.5 Å². The number of H-pyrrole nitrogens is 1. The molecule has 7 heteroatoms. The van der Waals surface area contributed by atoms with E-state index in [1.807, 2.05) is 24.3 Å². The number of hydrogen-bond donors (Lipinski definition) is 3. The zero-order valence-corrected chi connectivity index (χ0v) is 18.3. The van der Waals surface area contributed by atoms with Gasteiger partial charge in [-0.25, -0.2) is 4.79 Å². The normalized spacial score (nSPS) is 10.6. The zero-order chi connectivity index (χ0) is 23.4. The van der Waals surface area contributed by atoms with E-state index in [0.29, 0.717) is 29.1 Å². The molecule has 0 aliphatic heterocycles. The number of aromatic nitrogens is 2. The molecule has 0 aliphatic carbocycles. The molecule has 7 nitrogen and oxygen atoms in total. The lowest BCUT2D eigenvalue weighted by Crippen LogP contribution is -2.23. The predicted molar refractivity (Wildman–Crippen MR) is 126 cm³/mol. The van der Waals surface area contributed by atoms with Crippen molar-refractivity contribution in [2.24, 2.45) is 0 Å². The van der Waals surface area contributed by atoms with Crippen molar-refractivity contribution in [2.45, 2.75) is 13.5 Å². The standard InChI is InChI=1S/C26H23N3O4/c1-16-13-19(11-12-23(16)30)22-14-21(28-26(32)29-22)17-7-9-18(10-8-17)25(31)27-15-20-5-3-4-6-24(20)33-2/h3-14,30H,15H2,1-2H3,(H,27,31)(H,28,29,32). The van der Waals surface area contributed by atoms with Crippen LogP contribution in [0.3, 0.4) is 0 Å². The number of ether oxygens (including phenoxy) is 1. The number of nitrogens with one attached hydrogen (secondary N) is 2. The van der Waals surface area contributed by atoms with Crippen LogP contribution >= 0.6 is 0 Å². The average molecular weight is 441 g/mol. The Morgan fingerprint density at radius 3 is 2.48 bits per heavy atom. The summed E-state index contributed by atoms with van der Waals surface area (Å²) in [4.78, 5) is 31.5. The van der Waals surface area contributed by atoms with Gasteiger partial charge in [0.2, 0.25) is 0 Å². The fourth-order valence-electron chi connectivity index (χ4n) is 3.50. The molecule has 0 fully saturated rings. The Morgan fingerprint density at radius 1 is 1.03 bits per heavy atom. The van der Waals surface area contributed by atoms with Crippen molar-refractivity contribution in [3.05, 3.63) is 100.0 Å². The van der Waals surface area contributed by atoms with Crippen LogP contribution in [0.4, 0.5) is 0 Å². The van der Waals surface area contributed by atoms with Crippen LogP contribution in [0, 0.1) is 6.92 Å². The second-order valence-corrected chi connectivity index (χ2v) is 7.56. The predicted octanol–water partition coefficient (Wildman–Crippen LogP) is 4.06. The zero-order valence-electron chi connectivity index (χ0n) is 18.3.